The number of hydrogen-bond donors (Lipinski definition) is 1. The molecule has 186 valence electrons. The molecule has 0 spiro atoms. The Labute approximate surface area is 211 Å². The Morgan fingerprint density at radius 1 is 1.06 bits per heavy atom. The summed E-state index contributed by atoms with van der Waals surface area (Å²) in [5.74, 6) is 0.638. The summed E-state index contributed by atoms with van der Waals surface area (Å²) in [5, 5.41) is 1.17. The van der Waals surface area contributed by atoms with Crippen molar-refractivity contribution in [3.63, 3.8) is 0 Å². The van der Waals surface area contributed by atoms with Gasteiger partial charge in [-0.05, 0) is 74.1 Å². The predicted octanol–water partition coefficient (Wildman–Crippen LogP) is 4.51. The molecule has 0 aliphatic carbocycles. The number of sulfonamides is 1. The maximum absolute atomic E-state index is 13.3. The number of aromatic nitrogens is 3. The Bertz CT molecular complexity index is 1480. The van der Waals surface area contributed by atoms with Gasteiger partial charge < -0.3 is 9.47 Å². The molecule has 0 unspecified atom stereocenters. The average molecular weight is 504 g/mol. The van der Waals surface area contributed by atoms with Crippen LogP contribution in [0, 0.1) is 6.92 Å². The molecule has 3 heterocycles. The van der Waals surface area contributed by atoms with Gasteiger partial charge in [0.15, 0.2) is 0 Å². The van der Waals surface area contributed by atoms with E-state index in [9.17, 15) is 13.2 Å². The monoisotopic (exact) mass is 503 g/mol. The van der Waals surface area contributed by atoms with Gasteiger partial charge in [-0.1, -0.05) is 24.3 Å². The molecular weight excluding hydrogens is 474 g/mol. The molecule has 2 aromatic carbocycles. The number of likely N-dealkylation sites (tertiary alicyclic amines) is 1. The third-order valence-corrected chi connectivity index (χ3v) is 8.42. The van der Waals surface area contributed by atoms with Crippen LogP contribution in [-0.4, -0.2) is 46.8 Å². The Kier molecular flexibility index (Phi) is 6.49. The topological polar surface area (TPSA) is 97.2 Å². The summed E-state index contributed by atoms with van der Waals surface area (Å²) in [4.78, 5) is 23.1. The molecule has 5 rings (SSSR count). The highest BCUT2D eigenvalue weighted by molar-refractivity contribution is 7.92. The van der Waals surface area contributed by atoms with Gasteiger partial charge in [-0.15, -0.1) is 0 Å². The molecule has 1 fully saturated rings. The Balaban J connectivity index is 1.22. The predicted molar refractivity (Wildman–Crippen MR) is 139 cm³/mol. The van der Waals surface area contributed by atoms with Crippen LogP contribution in [0.2, 0.25) is 0 Å². The fraction of sp³-hybridized carbons (Fsp3) is 0.296. The van der Waals surface area contributed by atoms with E-state index in [1.165, 1.54) is 29.5 Å². The first kappa shape index (κ1) is 24.0. The molecular formula is C27H29N5O3S. The number of carbonyl (C=O) groups is 1. The van der Waals surface area contributed by atoms with E-state index in [-0.39, 0.29) is 28.6 Å². The van der Waals surface area contributed by atoms with Crippen molar-refractivity contribution >= 4 is 32.7 Å². The molecule has 4 aromatic rings. The highest BCUT2D eigenvalue weighted by Gasteiger charge is 2.28. The molecule has 9 heteroatoms. The standard InChI is InChI=1S/C27H29N5O3S/c1-19-4-3-5-25-24(19)13-17-32(25)20(2)27(33)31-15-11-22(12-16-31)21-6-8-23(9-7-21)36(34,35)30-26-10-14-28-18-29-26/h3-10,13-14,17-18,20,22H,11-12,15-16H2,1-2H3,(H,28,29,30)/t20-/m1/s1. The van der Waals surface area contributed by atoms with E-state index < -0.39 is 10.0 Å². The van der Waals surface area contributed by atoms with Crippen LogP contribution in [0.15, 0.2) is 78.2 Å². The average Bonchev–Trinajstić information content (AvgIpc) is 3.34. The third kappa shape index (κ3) is 4.70. The second-order valence-electron chi connectivity index (χ2n) is 9.28. The van der Waals surface area contributed by atoms with E-state index >= 15 is 0 Å². The number of aryl methyl sites for hydroxylation is 1. The molecule has 1 saturated heterocycles. The van der Waals surface area contributed by atoms with Crippen molar-refractivity contribution < 1.29 is 13.2 Å². The van der Waals surface area contributed by atoms with Gasteiger partial charge in [-0.3, -0.25) is 9.52 Å². The van der Waals surface area contributed by atoms with Gasteiger partial charge in [-0.25, -0.2) is 18.4 Å². The van der Waals surface area contributed by atoms with Crippen LogP contribution < -0.4 is 4.72 Å². The normalized spacial score (nSPS) is 15.7. The summed E-state index contributed by atoms with van der Waals surface area (Å²) in [6.45, 7) is 5.41. The first-order valence-corrected chi connectivity index (χ1v) is 13.6. The highest BCUT2D eigenvalue weighted by atomic mass is 32.2. The smallest absolute Gasteiger partial charge is 0.263 e. The quantitative estimate of drug-likeness (QED) is 0.418. The molecule has 8 nitrogen and oxygen atoms in total. The van der Waals surface area contributed by atoms with Gasteiger partial charge in [0.1, 0.15) is 18.2 Å². The van der Waals surface area contributed by atoms with Gasteiger partial charge in [0.05, 0.1) is 4.90 Å². The summed E-state index contributed by atoms with van der Waals surface area (Å²) in [6, 6.07) is 16.5. The van der Waals surface area contributed by atoms with E-state index in [1.807, 2.05) is 36.2 Å². The minimum absolute atomic E-state index is 0.129. The molecule has 1 N–H and O–H groups in total. The van der Waals surface area contributed by atoms with Crippen molar-refractivity contribution in [2.45, 2.75) is 43.5 Å². The molecule has 1 amide bonds. The number of nitrogens with zero attached hydrogens (tertiary/aromatic N) is 4. The van der Waals surface area contributed by atoms with E-state index in [2.05, 4.69) is 44.4 Å². The van der Waals surface area contributed by atoms with Gasteiger partial charge in [0, 0.05) is 36.4 Å². The first-order chi connectivity index (χ1) is 17.3. The molecule has 0 bridgehead atoms. The second kappa shape index (κ2) is 9.73. The Hall–Kier alpha value is -3.72. The molecule has 36 heavy (non-hydrogen) atoms. The second-order valence-corrected chi connectivity index (χ2v) is 11.0. The number of anilines is 1. The summed E-state index contributed by atoms with van der Waals surface area (Å²) in [6.07, 6.45) is 6.46. The molecule has 1 aliphatic rings. The summed E-state index contributed by atoms with van der Waals surface area (Å²) in [7, 11) is -3.73. The van der Waals surface area contributed by atoms with Crippen molar-refractivity contribution in [1.29, 1.82) is 0 Å². The first-order valence-electron chi connectivity index (χ1n) is 12.1. The van der Waals surface area contributed by atoms with Gasteiger partial charge >= 0.3 is 0 Å². The zero-order valence-corrected chi connectivity index (χ0v) is 21.1. The third-order valence-electron chi connectivity index (χ3n) is 7.05. The van der Waals surface area contributed by atoms with Crippen molar-refractivity contribution in [1.82, 2.24) is 19.4 Å². The number of nitrogens with one attached hydrogen (secondary N) is 1. The van der Waals surface area contributed by atoms with Crippen LogP contribution in [0.4, 0.5) is 5.82 Å². The number of fused-ring (bicyclic) bond motifs is 1. The fourth-order valence-electron chi connectivity index (χ4n) is 4.96. The number of hydrogen-bond acceptors (Lipinski definition) is 5. The van der Waals surface area contributed by atoms with Crippen LogP contribution in [0.3, 0.4) is 0 Å². The number of benzene rings is 2. The number of carbonyl (C=O) groups excluding carboxylic acids is 1. The van der Waals surface area contributed by atoms with Crippen LogP contribution in [-0.2, 0) is 14.8 Å². The number of rotatable bonds is 6. The van der Waals surface area contributed by atoms with Crippen molar-refractivity contribution in [3.8, 4) is 0 Å². The van der Waals surface area contributed by atoms with Crippen LogP contribution in [0.1, 0.15) is 42.9 Å². The summed E-state index contributed by atoms with van der Waals surface area (Å²) in [5.41, 5.74) is 3.37. The maximum Gasteiger partial charge on any atom is 0.263 e. The molecule has 0 saturated carbocycles. The zero-order valence-electron chi connectivity index (χ0n) is 20.3. The van der Waals surface area contributed by atoms with E-state index in [1.54, 1.807) is 12.1 Å². The van der Waals surface area contributed by atoms with Crippen molar-refractivity contribution in [3.05, 3.63) is 84.4 Å². The summed E-state index contributed by atoms with van der Waals surface area (Å²) < 4.78 is 29.8. The van der Waals surface area contributed by atoms with E-state index in [0.717, 1.165) is 23.9 Å². The van der Waals surface area contributed by atoms with Gasteiger partial charge in [0.2, 0.25) is 5.91 Å². The van der Waals surface area contributed by atoms with Crippen LogP contribution >= 0.6 is 0 Å². The molecule has 2 aromatic heterocycles. The lowest BCUT2D eigenvalue weighted by Crippen LogP contribution is -2.41. The van der Waals surface area contributed by atoms with Gasteiger partial charge in [-0.2, -0.15) is 0 Å². The number of amides is 1. The molecule has 1 atom stereocenters. The molecule has 0 radical (unpaired) electrons. The SMILES string of the molecule is Cc1cccc2c1ccn2[C@H](C)C(=O)N1CCC(c2ccc(S(=O)(=O)Nc3ccncn3)cc2)CC1. The Morgan fingerprint density at radius 2 is 1.81 bits per heavy atom. The minimum Gasteiger partial charge on any atom is -0.341 e. The van der Waals surface area contributed by atoms with Crippen LogP contribution in [0.25, 0.3) is 10.9 Å². The van der Waals surface area contributed by atoms with E-state index in [0.29, 0.717) is 13.1 Å². The van der Waals surface area contributed by atoms with Crippen molar-refractivity contribution in [2.75, 3.05) is 17.8 Å². The highest BCUT2D eigenvalue weighted by Crippen LogP contribution is 2.31. The lowest BCUT2D eigenvalue weighted by Gasteiger charge is -2.34. The van der Waals surface area contributed by atoms with Crippen molar-refractivity contribution in [2.24, 2.45) is 0 Å². The van der Waals surface area contributed by atoms with Gasteiger partial charge in [0.25, 0.3) is 10.0 Å². The zero-order chi connectivity index (χ0) is 25.3. The lowest BCUT2D eigenvalue weighted by atomic mass is 9.89. The maximum atomic E-state index is 13.3. The lowest BCUT2D eigenvalue weighted by molar-refractivity contribution is -0.135. The number of piperidine rings is 1. The molecule has 1 aliphatic heterocycles. The van der Waals surface area contributed by atoms with Crippen LogP contribution in [0.5, 0.6) is 0 Å². The van der Waals surface area contributed by atoms with E-state index in [4.69, 9.17) is 0 Å². The summed E-state index contributed by atoms with van der Waals surface area (Å²) >= 11 is 0. The fourth-order valence-corrected chi connectivity index (χ4v) is 5.97. The minimum atomic E-state index is -3.73. The largest absolute Gasteiger partial charge is 0.341 e. The Morgan fingerprint density at radius 3 is 2.50 bits per heavy atom.